The smallest absolute Gasteiger partial charge is 0.342 e. The lowest BCUT2D eigenvalue weighted by atomic mass is 10.1. The van der Waals surface area contributed by atoms with Crippen LogP contribution >= 0.6 is 0 Å². The van der Waals surface area contributed by atoms with E-state index in [2.05, 4.69) is 0 Å². The number of carbonyl (C=O) groups excluding carboxylic acids is 1. The Morgan fingerprint density at radius 3 is 2.36 bits per heavy atom. The average Bonchev–Trinajstić information content (AvgIpc) is 2.82. The lowest BCUT2D eigenvalue weighted by Crippen LogP contribution is -2.50. The van der Waals surface area contributed by atoms with Crippen LogP contribution < -0.4 is 11.1 Å². The van der Waals surface area contributed by atoms with Crippen molar-refractivity contribution in [2.45, 2.75) is 31.5 Å². The van der Waals surface area contributed by atoms with E-state index in [1.54, 1.807) is 0 Å². The van der Waals surface area contributed by atoms with E-state index in [-0.39, 0.29) is 19.4 Å². The van der Waals surface area contributed by atoms with Gasteiger partial charge in [0, 0.05) is 12.5 Å². The first kappa shape index (κ1) is 11.3. The van der Waals surface area contributed by atoms with Gasteiger partial charge in [0.25, 0.3) is 0 Å². The van der Waals surface area contributed by atoms with Crippen LogP contribution in [0.3, 0.4) is 0 Å². The standard InChI is InChI=1S/C8H13F3N2O/c1-5(4-12)6(14)13-7(2-3-7)8(9,10)11/h5H,2-4,12H2,1H3,(H,13,14). The Labute approximate surface area is 79.8 Å². The van der Waals surface area contributed by atoms with Crippen molar-refractivity contribution in [1.82, 2.24) is 5.32 Å². The molecule has 0 bridgehead atoms. The number of amides is 1. The van der Waals surface area contributed by atoms with Gasteiger partial charge in [-0.05, 0) is 12.8 Å². The van der Waals surface area contributed by atoms with Gasteiger partial charge in [-0.3, -0.25) is 4.79 Å². The first-order valence-electron chi connectivity index (χ1n) is 4.41. The van der Waals surface area contributed by atoms with Crippen LogP contribution in [0.25, 0.3) is 0 Å². The monoisotopic (exact) mass is 210 g/mol. The van der Waals surface area contributed by atoms with Crippen LogP contribution in [0, 0.1) is 5.92 Å². The number of hydrogen-bond acceptors (Lipinski definition) is 2. The SMILES string of the molecule is CC(CN)C(=O)NC1(C(F)(F)F)CC1. The van der Waals surface area contributed by atoms with Crippen molar-refractivity contribution in [3.05, 3.63) is 0 Å². The molecule has 1 amide bonds. The number of nitrogens with two attached hydrogens (primary N) is 1. The molecule has 1 atom stereocenters. The van der Waals surface area contributed by atoms with Gasteiger partial charge in [0.05, 0.1) is 0 Å². The minimum atomic E-state index is -4.35. The molecule has 1 aliphatic rings. The number of rotatable bonds is 3. The van der Waals surface area contributed by atoms with Crippen LogP contribution in [0.5, 0.6) is 0 Å². The number of nitrogens with one attached hydrogen (secondary N) is 1. The molecule has 0 heterocycles. The molecule has 0 aromatic carbocycles. The maximum atomic E-state index is 12.4. The van der Waals surface area contributed by atoms with Crippen LogP contribution in [-0.2, 0) is 4.79 Å². The fourth-order valence-electron chi connectivity index (χ4n) is 1.07. The van der Waals surface area contributed by atoms with Gasteiger partial charge >= 0.3 is 6.18 Å². The highest BCUT2D eigenvalue weighted by Crippen LogP contribution is 2.48. The number of halogens is 3. The van der Waals surface area contributed by atoms with Crippen molar-refractivity contribution in [3.8, 4) is 0 Å². The summed E-state index contributed by atoms with van der Waals surface area (Å²) in [5.74, 6) is -1.20. The Morgan fingerprint density at radius 2 is 2.07 bits per heavy atom. The Kier molecular flexibility index (Phi) is 2.76. The molecule has 1 rings (SSSR count). The number of alkyl halides is 3. The van der Waals surface area contributed by atoms with Gasteiger partial charge in [-0.25, -0.2) is 0 Å². The molecule has 82 valence electrons. The zero-order valence-electron chi connectivity index (χ0n) is 7.82. The van der Waals surface area contributed by atoms with Crippen LogP contribution in [0.2, 0.25) is 0 Å². The molecule has 0 saturated heterocycles. The fraction of sp³-hybridized carbons (Fsp3) is 0.875. The molecular weight excluding hydrogens is 197 g/mol. The molecule has 1 saturated carbocycles. The van der Waals surface area contributed by atoms with E-state index in [9.17, 15) is 18.0 Å². The van der Waals surface area contributed by atoms with Crippen molar-refractivity contribution in [2.75, 3.05) is 6.54 Å². The van der Waals surface area contributed by atoms with Crippen molar-refractivity contribution in [2.24, 2.45) is 11.7 Å². The zero-order valence-corrected chi connectivity index (χ0v) is 7.82. The summed E-state index contributed by atoms with van der Waals surface area (Å²) in [7, 11) is 0. The molecule has 1 unspecified atom stereocenters. The Morgan fingerprint density at radius 1 is 1.57 bits per heavy atom. The summed E-state index contributed by atoms with van der Waals surface area (Å²) in [4.78, 5) is 11.2. The largest absolute Gasteiger partial charge is 0.411 e. The third-order valence-electron chi connectivity index (χ3n) is 2.46. The van der Waals surface area contributed by atoms with E-state index in [1.165, 1.54) is 6.92 Å². The lowest BCUT2D eigenvalue weighted by molar-refractivity contribution is -0.171. The first-order chi connectivity index (χ1) is 6.32. The normalized spacial score (nSPS) is 21.5. The van der Waals surface area contributed by atoms with Gasteiger partial charge in [0.15, 0.2) is 0 Å². The fourth-order valence-corrected chi connectivity index (χ4v) is 1.07. The molecule has 0 radical (unpaired) electrons. The van der Waals surface area contributed by atoms with E-state index >= 15 is 0 Å². The second-order valence-electron chi connectivity index (χ2n) is 3.71. The molecule has 14 heavy (non-hydrogen) atoms. The summed E-state index contributed by atoms with van der Waals surface area (Å²) in [6.45, 7) is 1.56. The minimum Gasteiger partial charge on any atom is -0.342 e. The summed E-state index contributed by atoms with van der Waals surface area (Å²) >= 11 is 0. The van der Waals surface area contributed by atoms with Crippen molar-refractivity contribution < 1.29 is 18.0 Å². The molecule has 0 spiro atoms. The summed E-state index contributed by atoms with van der Waals surface area (Å²) in [6.07, 6.45) is -4.41. The maximum absolute atomic E-state index is 12.4. The predicted molar refractivity (Wildman–Crippen MR) is 44.4 cm³/mol. The molecule has 1 aliphatic carbocycles. The van der Waals surface area contributed by atoms with Gasteiger partial charge in [-0.1, -0.05) is 6.92 Å². The van der Waals surface area contributed by atoms with Gasteiger partial charge in [0.2, 0.25) is 5.91 Å². The average molecular weight is 210 g/mol. The quantitative estimate of drug-likeness (QED) is 0.723. The molecule has 6 heteroatoms. The van der Waals surface area contributed by atoms with E-state index < -0.39 is 23.5 Å². The highest BCUT2D eigenvalue weighted by Gasteiger charge is 2.64. The molecule has 1 fully saturated rings. The molecule has 3 N–H and O–H groups in total. The molecule has 0 aromatic rings. The van der Waals surface area contributed by atoms with Crippen LogP contribution in [0.15, 0.2) is 0 Å². The Bertz CT molecular complexity index is 235. The first-order valence-corrected chi connectivity index (χ1v) is 4.41. The van der Waals surface area contributed by atoms with Crippen molar-refractivity contribution in [3.63, 3.8) is 0 Å². The predicted octanol–water partition coefficient (Wildman–Crippen LogP) is 0.792. The topological polar surface area (TPSA) is 55.1 Å². The number of carbonyl (C=O) groups is 1. The van der Waals surface area contributed by atoms with Crippen molar-refractivity contribution >= 4 is 5.91 Å². The summed E-state index contributed by atoms with van der Waals surface area (Å²) in [5.41, 5.74) is 3.21. The third-order valence-corrected chi connectivity index (χ3v) is 2.46. The summed E-state index contributed by atoms with van der Waals surface area (Å²) < 4.78 is 37.1. The Balaban J connectivity index is 2.57. The molecule has 3 nitrogen and oxygen atoms in total. The van der Waals surface area contributed by atoms with Crippen molar-refractivity contribution in [1.29, 1.82) is 0 Å². The van der Waals surface area contributed by atoms with E-state index in [4.69, 9.17) is 5.73 Å². The van der Waals surface area contributed by atoms with Gasteiger partial charge < -0.3 is 11.1 Å². The highest BCUT2D eigenvalue weighted by atomic mass is 19.4. The summed E-state index contributed by atoms with van der Waals surface area (Å²) in [5, 5.41) is 2.01. The van der Waals surface area contributed by atoms with Gasteiger partial charge in [-0.2, -0.15) is 13.2 Å². The maximum Gasteiger partial charge on any atom is 0.411 e. The molecule has 0 aromatic heterocycles. The van der Waals surface area contributed by atoms with Crippen LogP contribution in [0.1, 0.15) is 19.8 Å². The lowest BCUT2D eigenvalue weighted by Gasteiger charge is -2.22. The second kappa shape index (κ2) is 3.42. The van der Waals surface area contributed by atoms with E-state index in [1.807, 2.05) is 5.32 Å². The Hall–Kier alpha value is -0.780. The van der Waals surface area contributed by atoms with Crippen LogP contribution in [-0.4, -0.2) is 24.2 Å². The zero-order chi connectivity index (χ0) is 11.0. The third kappa shape index (κ3) is 2.00. The summed E-state index contributed by atoms with van der Waals surface area (Å²) in [6, 6.07) is 0. The van der Waals surface area contributed by atoms with Gasteiger partial charge in [-0.15, -0.1) is 0 Å². The molecular formula is C8H13F3N2O. The number of hydrogen-bond donors (Lipinski definition) is 2. The molecule has 0 aliphatic heterocycles. The minimum absolute atomic E-state index is 0.0282. The van der Waals surface area contributed by atoms with Crippen LogP contribution in [0.4, 0.5) is 13.2 Å². The van der Waals surface area contributed by atoms with E-state index in [0.29, 0.717) is 0 Å². The van der Waals surface area contributed by atoms with E-state index in [0.717, 1.165) is 0 Å². The van der Waals surface area contributed by atoms with Gasteiger partial charge in [0.1, 0.15) is 5.54 Å². The highest BCUT2D eigenvalue weighted by molar-refractivity contribution is 5.79. The second-order valence-corrected chi connectivity index (χ2v) is 3.71.